The van der Waals surface area contributed by atoms with Crippen LogP contribution in [0.1, 0.15) is 58.8 Å². The second-order valence-electron chi connectivity index (χ2n) is 6.07. The third-order valence-electron chi connectivity index (χ3n) is 4.98. The highest BCUT2D eigenvalue weighted by atomic mass is 16.5. The first-order chi connectivity index (χ1) is 8.24. The molecular weight excluding hydrogens is 210 g/mol. The average Bonchev–Trinajstić information content (AvgIpc) is 2.78. The molecule has 3 atom stereocenters. The monoisotopic (exact) mass is 239 g/mol. The molecule has 0 aromatic heterocycles. The summed E-state index contributed by atoms with van der Waals surface area (Å²) < 4.78 is 6.06. The summed E-state index contributed by atoms with van der Waals surface area (Å²) >= 11 is 0. The minimum absolute atomic E-state index is 0.471. The molecule has 100 valence electrons. The van der Waals surface area contributed by atoms with Crippen molar-refractivity contribution in [1.29, 1.82) is 0 Å². The molecule has 2 aliphatic rings. The first-order valence-corrected chi connectivity index (χ1v) is 7.57. The lowest BCUT2D eigenvalue weighted by Gasteiger charge is -2.36. The molecule has 0 amide bonds. The lowest BCUT2D eigenvalue weighted by molar-refractivity contribution is 0.0116. The van der Waals surface area contributed by atoms with E-state index >= 15 is 0 Å². The number of hydrogen-bond donors (Lipinski definition) is 1. The largest absolute Gasteiger partial charge is 0.374 e. The minimum atomic E-state index is 0.471. The Morgan fingerprint density at radius 1 is 1.12 bits per heavy atom. The van der Waals surface area contributed by atoms with Crippen LogP contribution in [-0.4, -0.2) is 25.3 Å². The summed E-state index contributed by atoms with van der Waals surface area (Å²) in [6.07, 6.45) is 10.5. The van der Waals surface area contributed by atoms with E-state index in [0.29, 0.717) is 18.2 Å². The van der Waals surface area contributed by atoms with Crippen molar-refractivity contribution in [3.63, 3.8) is 0 Å². The summed E-state index contributed by atoms with van der Waals surface area (Å²) in [4.78, 5) is 0. The van der Waals surface area contributed by atoms with Crippen molar-refractivity contribution in [2.75, 3.05) is 7.05 Å². The zero-order valence-electron chi connectivity index (χ0n) is 11.7. The summed E-state index contributed by atoms with van der Waals surface area (Å²) in [5.41, 5.74) is 0. The number of rotatable bonds is 4. The molecule has 2 rings (SSSR count). The Morgan fingerprint density at radius 3 is 2.29 bits per heavy atom. The van der Waals surface area contributed by atoms with Gasteiger partial charge in [-0.3, -0.25) is 0 Å². The minimum Gasteiger partial charge on any atom is -0.374 e. The quantitative estimate of drug-likeness (QED) is 0.812. The van der Waals surface area contributed by atoms with Crippen molar-refractivity contribution in [3.05, 3.63) is 0 Å². The Hall–Kier alpha value is -0.0800. The van der Waals surface area contributed by atoms with E-state index < -0.39 is 0 Å². The summed E-state index contributed by atoms with van der Waals surface area (Å²) in [6.45, 7) is 4.54. The van der Waals surface area contributed by atoms with Gasteiger partial charge in [0, 0.05) is 6.04 Å². The molecule has 0 spiro atoms. The molecule has 1 saturated carbocycles. The zero-order valence-corrected chi connectivity index (χ0v) is 11.7. The van der Waals surface area contributed by atoms with E-state index in [-0.39, 0.29) is 0 Å². The standard InChI is InChI=1S/C15H29NO/c1-4-12-6-8-13(9-7-12)15(16-3)14-10-5-11(2)17-14/h11-16H,4-10H2,1-3H3. The fourth-order valence-corrected chi connectivity index (χ4v) is 3.78. The summed E-state index contributed by atoms with van der Waals surface area (Å²) in [5.74, 6) is 1.84. The second-order valence-corrected chi connectivity index (χ2v) is 6.07. The van der Waals surface area contributed by atoms with Crippen LogP contribution >= 0.6 is 0 Å². The Bertz CT molecular complexity index is 223. The molecule has 0 bridgehead atoms. The van der Waals surface area contributed by atoms with Gasteiger partial charge in [-0.2, -0.15) is 0 Å². The van der Waals surface area contributed by atoms with Crippen LogP contribution < -0.4 is 5.32 Å². The number of hydrogen-bond acceptors (Lipinski definition) is 2. The van der Waals surface area contributed by atoms with Crippen LogP contribution in [0.5, 0.6) is 0 Å². The highest BCUT2D eigenvalue weighted by molar-refractivity contribution is 4.89. The van der Waals surface area contributed by atoms with E-state index in [1.807, 2.05) is 0 Å². The fraction of sp³-hybridized carbons (Fsp3) is 1.00. The highest BCUT2D eigenvalue weighted by Crippen LogP contribution is 2.36. The average molecular weight is 239 g/mol. The van der Waals surface area contributed by atoms with Crippen LogP contribution in [0, 0.1) is 11.8 Å². The van der Waals surface area contributed by atoms with E-state index in [4.69, 9.17) is 4.74 Å². The van der Waals surface area contributed by atoms with Gasteiger partial charge in [0.05, 0.1) is 12.2 Å². The molecule has 1 aliphatic carbocycles. The molecule has 0 aromatic carbocycles. The molecule has 1 N–H and O–H groups in total. The Kier molecular flexibility index (Phi) is 4.87. The van der Waals surface area contributed by atoms with Crippen LogP contribution in [0.3, 0.4) is 0 Å². The fourth-order valence-electron chi connectivity index (χ4n) is 3.78. The van der Waals surface area contributed by atoms with Gasteiger partial charge in [0.1, 0.15) is 0 Å². The number of ether oxygens (including phenoxy) is 1. The number of likely N-dealkylation sites (N-methyl/N-ethyl adjacent to an activating group) is 1. The number of nitrogens with one attached hydrogen (secondary N) is 1. The van der Waals surface area contributed by atoms with Crippen molar-refractivity contribution in [3.8, 4) is 0 Å². The molecule has 2 nitrogen and oxygen atoms in total. The van der Waals surface area contributed by atoms with Gasteiger partial charge in [-0.25, -0.2) is 0 Å². The van der Waals surface area contributed by atoms with Crippen molar-refractivity contribution in [2.45, 2.75) is 77.0 Å². The van der Waals surface area contributed by atoms with Crippen molar-refractivity contribution in [2.24, 2.45) is 11.8 Å². The SMILES string of the molecule is CCC1CCC(C(NC)C2CCC(C)O2)CC1. The van der Waals surface area contributed by atoms with Gasteiger partial charge in [-0.1, -0.05) is 26.2 Å². The van der Waals surface area contributed by atoms with Crippen LogP contribution in [0.25, 0.3) is 0 Å². The molecule has 0 radical (unpaired) electrons. The summed E-state index contributed by atoms with van der Waals surface area (Å²) in [6, 6.07) is 0.595. The Balaban J connectivity index is 1.86. The van der Waals surface area contributed by atoms with Crippen molar-refractivity contribution in [1.82, 2.24) is 5.32 Å². The topological polar surface area (TPSA) is 21.3 Å². The van der Waals surface area contributed by atoms with E-state index in [2.05, 4.69) is 26.2 Å². The maximum atomic E-state index is 6.06. The highest BCUT2D eigenvalue weighted by Gasteiger charge is 2.35. The second kappa shape index (κ2) is 6.19. The van der Waals surface area contributed by atoms with Gasteiger partial charge in [0.2, 0.25) is 0 Å². The van der Waals surface area contributed by atoms with Gasteiger partial charge in [0.15, 0.2) is 0 Å². The van der Waals surface area contributed by atoms with E-state index in [0.717, 1.165) is 11.8 Å². The van der Waals surface area contributed by atoms with Gasteiger partial charge in [-0.15, -0.1) is 0 Å². The van der Waals surface area contributed by atoms with E-state index in [1.165, 1.54) is 44.9 Å². The van der Waals surface area contributed by atoms with Gasteiger partial charge in [0.25, 0.3) is 0 Å². The Morgan fingerprint density at radius 2 is 1.82 bits per heavy atom. The predicted molar refractivity (Wildman–Crippen MR) is 72.2 cm³/mol. The van der Waals surface area contributed by atoms with Crippen LogP contribution in [0.15, 0.2) is 0 Å². The molecule has 2 heteroatoms. The zero-order chi connectivity index (χ0) is 12.3. The van der Waals surface area contributed by atoms with Gasteiger partial charge in [-0.05, 0) is 51.5 Å². The van der Waals surface area contributed by atoms with Gasteiger partial charge >= 0.3 is 0 Å². The van der Waals surface area contributed by atoms with Crippen LogP contribution in [-0.2, 0) is 4.74 Å². The summed E-state index contributed by atoms with van der Waals surface area (Å²) in [7, 11) is 2.11. The van der Waals surface area contributed by atoms with E-state index in [1.54, 1.807) is 0 Å². The lowest BCUT2D eigenvalue weighted by Crippen LogP contribution is -2.45. The van der Waals surface area contributed by atoms with Crippen molar-refractivity contribution < 1.29 is 4.74 Å². The molecule has 1 saturated heterocycles. The molecule has 1 heterocycles. The van der Waals surface area contributed by atoms with Crippen LogP contribution in [0.2, 0.25) is 0 Å². The predicted octanol–water partition coefficient (Wildman–Crippen LogP) is 3.36. The molecule has 3 unspecified atom stereocenters. The third-order valence-corrected chi connectivity index (χ3v) is 4.98. The smallest absolute Gasteiger partial charge is 0.0735 e. The maximum Gasteiger partial charge on any atom is 0.0735 e. The molecule has 0 aromatic rings. The molecule has 1 aliphatic heterocycles. The normalized spacial score (nSPS) is 40.4. The first kappa shape index (κ1) is 13.4. The molecule has 17 heavy (non-hydrogen) atoms. The van der Waals surface area contributed by atoms with E-state index in [9.17, 15) is 0 Å². The Labute approximate surface area is 107 Å². The third kappa shape index (κ3) is 3.23. The molecule has 2 fully saturated rings. The van der Waals surface area contributed by atoms with Gasteiger partial charge < -0.3 is 10.1 Å². The van der Waals surface area contributed by atoms with Crippen LogP contribution in [0.4, 0.5) is 0 Å². The first-order valence-electron chi connectivity index (χ1n) is 7.57. The maximum absolute atomic E-state index is 6.06. The summed E-state index contributed by atoms with van der Waals surface area (Å²) in [5, 5.41) is 3.54. The molecular formula is C15H29NO. The van der Waals surface area contributed by atoms with Crippen molar-refractivity contribution >= 4 is 0 Å². The lowest BCUT2D eigenvalue weighted by atomic mass is 9.76.